The van der Waals surface area contributed by atoms with Gasteiger partial charge in [0.05, 0.1) is 0 Å². The highest BCUT2D eigenvalue weighted by molar-refractivity contribution is 6.17. The summed E-state index contributed by atoms with van der Waals surface area (Å²) >= 11 is 5.62. The first-order valence-corrected chi connectivity index (χ1v) is 6.87. The third-order valence-corrected chi connectivity index (χ3v) is 3.38. The molecule has 0 spiro atoms. The fourth-order valence-electron chi connectivity index (χ4n) is 2.17. The van der Waals surface area contributed by atoms with E-state index >= 15 is 0 Å². The lowest BCUT2D eigenvalue weighted by Gasteiger charge is -2.27. The molecular weight excluding hydrogens is 256 g/mol. The van der Waals surface area contributed by atoms with Gasteiger partial charge in [0.1, 0.15) is 17.3 Å². The van der Waals surface area contributed by atoms with Crippen molar-refractivity contribution < 1.29 is 8.78 Å². The molecule has 1 nitrogen and oxygen atoms in total. The highest BCUT2D eigenvalue weighted by Gasteiger charge is 2.32. The van der Waals surface area contributed by atoms with Crippen LogP contribution in [0.2, 0.25) is 0 Å². The van der Waals surface area contributed by atoms with Gasteiger partial charge in [0, 0.05) is 18.5 Å². The Hall–Kier alpha value is -0.830. The lowest BCUT2D eigenvalue weighted by Crippen LogP contribution is -2.31. The summed E-state index contributed by atoms with van der Waals surface area (Å²) in [5.74, 6) is -0.504. The molecule has 0 atom stereocenters. The predicted molar refractivity (Wildman–Crippen MR) is 71.1 cm³/mol. The SMILES string of the molecule is CC(C)CN(c1c(F)cc(CCl)cc1F)C1CC1. The summed E-state index contributed by atoms with van der Waals surface area (Å²) in [6, 6.07) is 2.96. The van der Waals surface area contributed by atoms with Crippen LogP contribution < -0.4 is 4.90 Å². The fraction of sp³-hybridized carbons (Fsp3) is 0.571. The van der Waals surface area contributed by atoms with Crippen LogP contribution in [0.4, 0.5) is 14.5 Å². The zero-order chi connectivity index (χ0) is 13.3. The molecule has 0 unspecified atom stereocenters. The lowest BCUT2D eigenvalue weighted by atomic mass is 10.1. The number of hydrogen-bond acceptors (Lipinski definition) is 1. The van der Waals surface area contributed by atoms with E-state index in [-0.39, 0.29) is 11.6 Å². The Kier molecular flexibility index (Phi) is 4.10. The van der Waals surface area contributed by atoms with Crippen molar-refractivity contribution in [3.8, 4) is 0 Å². The molecular formula is C14H18ClF2N. The molecule has 0 N–H and O–H groups in total. The van der Waals surface area contributed by atoms with Gasteiger partial charge in [-0.15, -0.1) is 11.6 Å². The van der Waals surface area contributed by atoms with E-state index in [4.69, 9.17) is 11.6 Å². The monoisotopic (exact) mass is 273 g/mol. The minimum Gasteiger partial charge on any atom is -0.364 e. The summed E-state index contributed by atoms with van der Waals surface area (Å²) in [7, 11) is 0. The Labute approximate surface area is 112 Å². The van der Waals surface area contributed by atoms with Crippen LogP contribution in [-0.2, 0) is 5.88 Å². The largest absolute Gasteiger partial charge is 0.364 e. The molecule has 18 heavy (non-hydrogen) atoms. The van der Waals surface area contributed by atoms with Crippen LogP contribution in [0.25, 0.3) is 0 Å². The molecule has 1 aromatic carbocycles. The van der Waals surface area contributed by atoms with Crippen LogP contribution in [0.15, 0.2) is 12.1 Å². The van der Waals surface area contributed by atoms with Gasteiger partial charge >= 0.3 is 0 Å². The molecule has 2 rings (SSSR count). The van der Waals surface area contributed by atoms with E-state index in [1.165, 1.54) is 12.1 Å². The fourth-order valence-corrected chi connectivity index (χ4v) is 2.33. The summed E-state index contributed by atoms with van der Waals surface area (Å²) < 4.78 is 28.1. The first-order chi connectivity index (χ1) is 8.52. The standard InChI is InChI=1S/C14H18ClF2N/c1-9(2)8-18(11-3-4-11)14-12(16)5-10(7-15)6-13(14)17/h5-6,9,11H,3-4,7-8H2,1-2H3. The molecule has 0 heterocycles. The average molecular weight is 274 g/mol. The highest BCUT2D eigenvalue weighted by Crippen LogP contribution is 2.36. The van der Waals surface area contributed by atoms with Gasteiger partial charge in [0.2, 0.25) is 0 Å². The van der Waals surface area contributed by atoms with E-state index < -0.39 is 11.6 Å². The van der Waals surface area contributed by atoms with Crippen molar-refractivity contribution >= 4 is 17.3 Å². The van der Waals surface area contributed by atoms with Crippen molar-refractivity contribution in [1.82, 2.24) is 0 Å². The second-order valence-corrected chi connectivity index (χ2v) is 5.59. The summed E-state index contributed by atoms with van der Waals surface area (Å²) in [5.41, 5.74) is 0.593. The van der Waals surface area contributed by atoms with Crippen molar-refractivity contribution in [1.29, 1.82) is 0 Å². The predicted octanol–water partition coefficient (Wildman–Crippen LogP) is 4.33. The minimum absolute atomic E-state index is 0.111. The van der Waals surface area contributed by atoms with Crippen LogP contribution in [0.5, 0.6) is 0 Å². The van der Waals surface area contributed by atoms with E-state index in [2.05, 4.69) is 13.8 Å². The van der Waals surface area contributed by atoms with Gasteiger partial charge in [-0.25, -0.2) is 8.78 Å². The van der Waals surface area contributed by atoms with Gasteiger partial charge in [-0.3, -0.25) is 0 Å². The Morgan fingerprint density at radius 3 is 2.22 bits per heavy atom. The van der Waals surface area contributed by atoms with Crippen molar-refractivity contribution in [2.24, 2.45) is 5.92 Å². The topological polar surface area (TPSA) is 3.24 Å². The molecule has 100 valence electrons. The first-order valence-electron chi connectivity index (χ1n) is 6.33. The number of benzene rings is 1. The third kappa shape index (κ3) is 2.94. The normalized spacial score (nSPS) is 15.2. The number of alkyl halides is 1. The molecule has 0 radical (unpaired) electrons. The highest BCUT2D eigenvalue weighted by atomic mass is 35.5. The average Bonchev–Trinajstić information content (AvgIpc) is 3.09. The Bertz CT molecular complexity index is 407. The maximum absolute atomic E-state index is 14.0. The van der Waals surface area contributed by atoms with Crippen LogP contribution >= 0.6 is 11.6 Å². The molecule has 1 saturated carbocycles. The molecule has 0 amide bonds. The Morgan fingerprint density at radius 1 is 1.28 bits per heavy atom. The third-order valence-electron chi connectivity index (χ3n) is 3.07. The number of hydrogen-bond donors (Lipinski definition) is 0. The molecule has 1 fully saturated rings. The number of nitrogens with zero attached hydrogens (tertiary/aromatic N) is 1. The molecule has 1 aliphatic carbocycles. The van der Waals surface area contributed by atoms with Gasteiger partial charge < -0.3 is 4.90 Å². The summed E-state index contributed by atoms with van der Waals surface area (Å²) in [6.45, 7) is 4.79. The van der Waals surface area contributed by atoms with Crippen molar-refractivity contribution in [2.45, 2.75) is 38.6 Å². The summed E-state index contributed by atoms with van der Waals surface area (Å²) in [5, 5.41) is 0. The molecule has 0 saturated heterocycles. The smallest absolute Gasteiger partial charge is 0.149 e. The van der Waals surface area contributed by atoms with Crippen LogP contribution in [-0.4, -0.2) is 12.6 Å². The maximum Gasteiger partial charge on any atom is 0.149 e. The Morgan fingerprint density at radius 2 is 1.83 bits per heavy atom. The van der Waals surface area contributed by atoms with E-state index in [0.29, 0.717) is 24.1 Å². The number of rotatable bonds is 5. The van der Waals surface area contributed by atoms with Crippen LogP contribution in [0.1, 0.15) is 32.3 Å². The van der Waals surface area contributed by atoms with Crippen LogP contribution in [0, 0.1) is 17.6 Å². The molecule has 1 aromatic rings. The van der Waals surface area contributed by atoms with E-state index in [1.54, 1.807) is 0 Å². The zero-order valence-corrected chi connectivity index (χ0v) is 11.5. The maximum atomic E-state index is 14.0. The molecule has 0 aromatic heterocycles. The van der Waals surface area contributed by atoms with Gasteiger partial charge in [-0.2, -0.15) is 0 Å². The lowest BCUT2D eigenvalue weighted by molar-refractivity contribution is 0.543. The van der Waals surface area contributed by atoms with Gasteiger partial charge in [0.25, 0.3) is 0 Å². The van der Waals surface area contributed by atoms with E-state index in [1.807, 2.05) is 4.90 Å². The van der Waals surface area contributed by atoms with Crippen LogP contribution in [0.3, 0.4) is 0 Å². The first kappa shape index (κ1) is 13.6. The van der Waals surface area contributed by atoms with Gasteiger partial charge in [-0.05, 0) is 36.5 Å². The number of halogens is 3. The Balaban J connectivity index is 2.34. The van der Waals surface area contributed by atoms with E-state index in [9.17, 15) is 8.78 Å². The van der Waals surface area contributed by atoms with Gasteiger partial charge in [-0.1, -0.05) is 13.8 Å². The molecule has 4 heteroatoms. The van der Waals surface area contributed by atoms with Crippen molar-refractivity contribution in [3.63, 3.8) is 0 Å². The quantitative estimate of drug-likeness (QED) is 0.722. The summed E-state index contributed by atoms with van der Waals surface area (Å²) in [4.78, 5) is 1.87. The minimum atomic E-state index is -0.502. The second kappa shape index (κ2) is 5.43. The summed E-state index contributed by atoms with van der Waals surface area (Å²) in [6.07, 6.45) is 2.03. The van der Waals surface area contributed by atoms with Crippen molar-refractivity contribution in [2.75, 3.05) is 11.4 Å². The second-order valence-electron chi connectivity index (χ2n) is 5.32. The molecule has 0 aliphatic heterocycles. The number of anilines is 1. The van der Waals surface area contributed by atoms with E-state index in [0.717, 1.165) is 12.8 Å². The molecule has 0 bridgehead atoms. The zero-order valence-electron chi connectivity index (χ0n) is 10.7. The van der Waals surface area contributed by atoms with Gasteiger partial charge in [0.15, 0.2) is 0 Å². The van der Waals surface area contributed by atoms with Crippen molar-refractivity contribution in [3.05, 3.63) is 29.3 Å². The molecule has 1 aliphatic rings.